The second kappa shape index (κ2) is 13.8. The molecule has 0 unspecified atom stereocenters. The van der Waals surface area contributed by atoms with Crippen LogP contribution in [0.2, 0.25) is 0 Å². The van der Waals surface area contributed by atoms with Crippen LogP contribution in [0.5, 0.6) is 0 Å². The molecule has 4 nitrogen and oxygen atoms in total. The van der Waals surface area contributed by atoms with Gasteiger partial charge in [-0.05, 0) is 95.1 Å². The molecular formula is C56H36N4. The molecule has 0 bridgehead atoms. The topological polar surface area (TPSA) is 35.6 Å². The summed E-state index contributed by atoms with van der Waals surface area (Å²) in [4.78, 5) is 10.5. The Bertz CT molecular complexity index is 3470. The summed E-state index contributed by atoms with van der Waals surface area (Å²) >= 11 is 0. The Kier molecular flexibility index (Phi) is 7.82. The molecule has 60 heavy (non-hydrogen) atoms. The molecule has 0 aliphatic rings. The fraction of sp³-hybridized carbons (Fsp3) is 0. The predicted molar refractivity (Wildman–Crippen MR) is 250 cm³/mol. The normalized spacial score (nSPS) is 11.7. The van der Waals surface area contributed by atoms with Crippen LogP contribution in [0.1, 0.15) is 0 Å². The molecule has 0 saturated heterocycles. The number of para-hydroxylation sites is 4. The van der Waals surface area contributed by atoms with Crippen LogP contribution in [0.15, 0.2) is 218 Å². The summed E-state index contributed by atoms with van der Waals surface area (Å²) in [6.07, 6.45) is 0. The van der Waals surface area contributed by atoms with Gasteiger partial charge in [-0.3, -0.25) is 0 Å². The van der Waals surface area contributed by atoms with Gasteiger partial charge >= 0.3 is 0 Å². The van der Waals surface area contributed by atoms with Crippen molar-refractivity contribution in [3.8, 4) is 56.3 Å². The Labute approximate surface area is 346 Å². The zero-order valence-corrected chi connectivity index (χ0v) is 32.6. The first-order valence-electron chi connectivity index (χ1n) is 20.4. The van der Waals surface area contributed by atoms with E-state index < -0.39 is 0 Å². The summed E-state index contributed by atoms with van der Waals surface area (Å²) in [6.45, 7) is 0. The number of nitrogens with zero attached hydrogens (tertiary/aromatic N) is 4. The van der Waals surface area contributed by atoms with Gasteiger partial charge in [0.1, 0.15) is 0 Å². The number of aromatic nitrogens is 4. The highest BCUT2D eigenvalue weighted by molar-refractivity contribution is 6.11. The molecule has 0 aliphatic heterocycles. The smallest absolute Gasteiger partial charge is 0.160 e. The molecule has 0 N–H and O–H groups in total. The van der Waals surface area contributed by atoms with Crippen LogP contribution in [0, 0.1) is 0 Å². The van der Waals surface area contributed by atoms with Crippen molar-refractivity contribution < 1.29 is 0 Å². The van der Waals surface area contributed by atoms with Crippen LogP contribution in [0.25, 0.3) is 111 Å². The van der Waals surface area contributed by atoms with Gasteiger partial charge in [-0.25, -0.2) is 9.97 Å². The quantitative estimate of drug-likeness (QED) is 0.169. The highest BCUT2D eigenvalue weighted by Crippen LogP contribution is 2.39. The second-order valence-electron chi connectivity index (χ2n) is 15.4. The third kappa shape index (κ3) is 5.53. The molecule has 3 heterocycles. The minimum absolute atomic E-state index is 0.700. The van der Waals surface area contributed by atoms with Gasteiger partial charge in [0.2, 0.25) is 0 Å². The largest absolute Gasteiger partial charge is 0.309 e. The Morgan fingerprint density at radius 2 is 0.733 bits per heavy atom. The van der Waals surface area contributed by atoms with Gasteiger partial charge in [-0.1, -0.05) is 146 Å². The van der Waals surface area contributed by atoms with Gasteiger partial charge in [0.15, 0.2) is 5.82 Å². The monoisotopic (exact) mass is 764 g/mol. The van der Waals surface area contributed by atoms with E-state index in [0.29, 0.717) is 5.82 Å². The van der Waals surface area contributed by atoms with Crippen LogP contribution in [-0.4, -0.2) is 19.1 Å². The summed E-state index contributed by atoms with van der Waals surface area (Å²) in [5.41, 5.74) is 15.5. The Hall–Kier alpha value is -8.08. The fourth-order valence-electron chi connectivity index (χ4n) is 9.12. The van der Waals surface area contributed by atoms with E-state index in [0.717, 1.165) is 55.5 Å². The summed E-state index contributed by atoms with van der Waals surface area (Å²) < 4.78 is 4.75. The highest BCUT2D eigenvalue weighted by Gasteiger charge is 2.18. The molecule has 0 amide bonds. The van der Waals surface area contributed by atoms with Crippen molar-refractivity contribution in [1.82, 2.24) is 19.1 Å². The second-order valence-corrected chi connectivity index (χ2v) is 15.4. The van der Waals surface area contributed by atoms with E-state index in [1.165, 1.54) is 49.4 Å². The number of rotatable bonds is 6. The SMILES string of the molecule is c1ccc(-c2cc(-c3ccccc3)cc(-n3c4ccccc4c4cc(-c5nc(-c6ccc(-n7c8ccccc8c8ccccc87)cc6)c6ccccc6n5)ccc43)c2)cc1. The van der Waals surface area contributed by atoms with Crippen LogP contribution in [-0.2, 0) is 0 Å². The molecule has 12 aromatic rings. The van der Waals surface area contributed by atoms with Crippen LogP contribution in [0.4, 0.5) is 0 Å². The van der Waals surface area contributed by atoms with Gasteiger partial charge in [-0.15, -0.1) is 0 Å². The molecule has 0 radical (unpaired) electrons. The van der Waals surface area contributed by atoms with Crippen molar-refractivity contribution in [2.45, 2.75) is 0 Å². The van der Waals surface area contributed by atoms with Crippen molar-refractivity contribution in [1.29, 1.82) is 0 Å². The summed E-state index contributed by atoms with van der Waals surface area (Å²) in [5, 5.41) is 5.87. The maximum absolute atomic E-state index is 5.35. The van der Waals surface area contributed by atoms with Crippen molar-refractivity contribution in [3.05, 3.63) is 218 Å². The lowest BCUT2D eigenvalue weighted by Crippen LogP contribution is -1.97. The van der Waals surface area contributed by atoms with Crippen LogP contribution in [0.3, 0.4) is 0 Å². The number of fused-ring (bicyclic) bond motifs is 7. The van der Waals surface area contributed by atoms with Gasteiger partial charge in [0.05, 0.1) is 33.3 Å². The van der Waals surface area contributed by atoms with E-state index in [9.17, 15) is 0 Å². The maximum atomic E-state index is 5.35. The molecule has 9 aromatic carbocycles. The molecular weight excluding hydrogens is 729 g/mol. The van der Waals surface area contributed by atoms with E-state index in [4.69, 9.17) is 9.97 Å². The highest BCUT2D eigenvalue weighted by atomic mass is 15.0. The zero-order valence-electron chi connectivity index (χ0n) is 32.6. The van der Waals surface area contributed by atoms with Gasteiger partial charge in [-0.2, -0.15) is 0 Å². The molecule has 12 rings (SSSR count). The Morgan fingerprint density at radius 1 is 0.267 bits per heavy atom. The third-order valence-electron chi connectivity index (χ3n) is 11.9. The average Bonchev–Trinajstić information content (AvgIpc) is 3.84. The minimum Gasteiger partial charge on any atom is -0.309 e. The standard InChI is InChI=1S/C56H36N4/c1-3-15-37(16-4-1)41-33-42(38-17-5-2-6-18-38)35-44(34-41)60-53-26-14-10-21-47(53)49-36-40(29-32-54(49)60)56-57-50-23-11-7-22-48(50)55(58-56)39-27-30-43(31-28-39)59-51-24-12-8-19-45(51)46-20-9-13-25-52(46)59/h1-36H. The lowest BCUT2D eigenvalue weighted by molar-refractivity contribution is 1.18. The Morgan fingerprint density at radius 3 is 1.33 bits per heavy atom. The lowest BCUT2D eigenvalue weighted by atomic mass is 9.98. The number of hydrogen-bond donors (Lipinski definition) is 0. The predicted octanol–water partition coefficient (Wildman–Crippen LogP) is 14.5. The molecule has 4 heteroatoms. The van der Waals surface area contributed by atoms with Crippen molar-refractivity contribution >= 4 is 54.5 Å². The maximum Gasteiger partial charge on any atom is 0.160 e. The molecule has 3 aromatic heterocycles. The van der Waals surface area contributed by atoms with Crippen molar-refractivity contribution in [2.24, 2.45) is 0 Å². The van der Waals surface area contributed by atoms with Crippen molar-refractivity contribution in [2.75, 3.05) is 0 Å². The number of benzene rings is 9. The van der Waals surface area contributed by atoms with Crippen molar-refractivity contribution in [3.63, 3.8) is 0 Å². The minimum atomic E-state index is 0.700. The summed E-state index contributed by atoms with van der Waals surface area (Å²) in [7, 11) is 0. The fourth-order valence-corrected chi connectivity index (χ4v) is 9.12. The van der Waals surface area contributed by atoms with Gasteiger partial charge < -0.3 is 9.13 Å². The van der Waals surface area contributed by atoms with Gasteiger partial charge in [0, 0.05) is 49.4 Å². The first-order chi connectivity index (χ1) is 29.7. The molecule has 280 valence electrons. The zero-order chi connectivity index (χ0) is 39.6. The van der Waals surface area contributed by atoms with Crippen LogP contribution < -0.4 is 0 Å². The summed E-state index contributed by atoms with van der Waals surface area (Å²) in [6, 6.07) is 78.0. The van der Waals surface area contributed by atoms with Gasteiger partial charge in [0.25, 0.3) is 0 Å². The number of hydrogen-bond acceptors (Lipinski definition) is 2. The van der Waals surface area contributed by atoms with Crippen LogP contribution >= 0.6 is 0 Å². The van der Waals surface area contributed by atoms with E-state index in [1.54, 1.807) is 0 Å². The molecule has 0 aliphatic carbocycles. The summed E-state index contributed by atoms with van der Waals surface area (Å²) in [5.74, 6) is 0.700. The molecule has 0 spiro atoms. The third-order valence-corrected chi connectivity index (χ3v) is 11.9. The molecule has 0 fully saturated rings. The molecule has 0 saturated carbocycles. The van der Waals surface area contributed by atoms with E-state index >= 15 is 0 Å². The first kappa shape index (κ1) is 34.0. The van der Waals surface area contributed by atoms with E-state index in [1.807, 2.05) is 0 Å². The Balaban J connectivity index is 1.00. The lowest BCUT2D eigenvalue weighted by Gasteiger charge is -2.14. The van der Waals surface area contributed by atoms with E-state index in [-0.39, 0.29) is 0 Å². The average molecular weight is 765 g/mol. The molecule has 0 atom stereocenters. The van der Waals surface area contributed by atoms with E-state index in [2.05, 4.69) is 228 Å². The first-order valence-corrected chi connectivity index (χ1v) is 20.4.